The molecule has 0 aliphatic carbocycles. The number of amides is 3. The molecule has 1 aliphatic rings. The number of ether oxygens (including phenoxy) is 1. The van der Waals surface area contributed by atoms with Crippen molar-refractivity contribution < 1.29 is 19.1 Å². The topological polar surface area (TPSA) is 114 Å². The van der Waals surface area contributed by atoms with Crippen LogP contribution < -0.4 is 15.4 Å². The van der Waals surface area contributed by atoms with Gasteiger partial charge in [-0.1, -0.05) is 30.3 Å². The van der Waals surface area contributed by atoms with E-state index in [1.54, 1.807) is 47.4 Å². The molecule has 0 unspecified atom stereocenters. The number of hydrogen-bond acceptors (Lipinski definition) is 6. The molecule has 2 heterocycles. The van der Waals surface area contributed by atoms with Crippen LogP contribution in [0.3, 0.4) is 0 Å². The molecule has 2 N–H and O–H groups in total. The minimum atomic E-state index is -0.425. The number of nitrogens with one attached hydrogen (secondary N) is 2. The van der Waals surface area contributed by atoms with E-state index < -0.39 is 5.91 Å². The van der Waals surface area contributed by atoms with Gasteiger partial charge in [0, 0.05) is 37.1 Å². The second-order valence-corrected chi connectivity index (χ2v) is 7.81. The van der Waals surface area contributed by atoms with Gasteiger partial charge in [-0.25, -0.2) is 9.97 Å². The second-order valence-electron chi connectivity index (χ2n) is 7.81. The van der Waals surface area contributed by atoms with E-state index in [0.717, 1.165) is 0 Å². The van der Waals surface area contributed by atoms with Gasteiger partial charge in [0.05, 0.1) is 12.7 Å². The maximum atomic E-state index is 12.9. The van der Waals surface area contributed by atoms with Gasteiger partial charge in [-0.15, -0.1) is 0 Å². The fraction of sp³-hybridized carbons (Fsp3) is 0.240. The van der Waals surface area contributed by atoms with Crippen LogP contribution >= 0.6 is 0 Å². The van der Waals surface area contributed by atoms with Crippen molar-refractivity contribution in [3.8, 4) is 5.75 Å². The van der Waals surface area contributed by atoms with E-state index in [9.17, 15) is 14.4 Å². The molecule has 1 fully saturated rings. The summed E-state index contributed by atoms with van der Waals surface area (Å²) in [5.74, 6) is -0.264. The van der Waals surface area contributed by atoms with Crippen molar-refractivity contribution in [3.05, 3.63) is 83.8 Å². The average Bonchev–Trinajstić information content (AvgIpc) is 2.89. The highest BCUT2D eigenvalue weighted by atomic mass is 16.5. The minimum Gasteiger partial charge on any atom is -0.496 e. The Morgan fingerprint density at radius 3 is 2.32 bits per heavy atom. The Hall–Kier alpha value is -4.27. The smallest absolute Gasteiger partial charge is 0.273 e. The van der Waals surface area contributed by atoms with E-state index in [-0.39, 0.29) is 29.4 Å². The number of anilines is 1. The van der Waals surface area contributed by atoms with Crippen molar-refractivity contribution in [1.82, 2.24) is 20.2 Å². The maximum Gasteiger partial charge on any atom is 0.273 e. The van der Waals surface area contributed by atoms with Gasteiger partial charge in [-0.2, -0.15) is 0 Å². The monoisotopic (exact) mass is 459 g/mol. The lowest BCUT2D eigenvalue weighted by atomic mass is 10.0. The molecular formula is C25H25N5O4. The highest BCUT2D eigenvalue weighted by Gasteiger charge is 2.27. The lowest BCUT2D eigenvalue weighted by Crippen LogP contribution is -2.46. The molecule has 3 aromatic rings. The van der Waals surface area contributed by atoms with Crippen LogP contribution in [0.25, 0.3) is 0 Å². The van der Waals surface area contributed by atoms with Crippen molar-refractivity contribution >= 4 is 23.5 Å². The highest BCUT2D eigenvalue weighted by molar-refractivity contribution is 6.07. The number of methoxy groups -OCH3 is 1. The highest BCUT2D eigenvalue weighted by Crippen LogP contribution is 2.22. The van der Waals surface area contributed by atoms with Crippen molar-refractivity contribution in [1.29, 1.82) is 0 Å². The lowest BCUT2D eigenvalue weighted by Gasteiger charge is -2.32. The Bertz CT molecular complexity index is 1180. The molecule has 1 saturated heterocycles. The maximum absolute atomic E-state index is 12.9. The van der Waals surface area contributed by atoms with Crippen LogP contribution in [0.2, 0.25) is 0 Å². The van der Waals surface area contributed by atoms with E-state index in [4.69, 9.17) is 4.74 Å². The number of aromatic nitrogens is 2. The molecule has 1 aliphatic heterocycles. The number of likely N-dealkylation sites (tertiary alicyclic amines) is 1. The summed E-state index contributed by atoms with van der Waals surface area (Å²) in [7, 11) is 1.54. The number of para-hydroxylation sites is 1. The molecule has 174 valence electrons. The van der Waals surface area contributed by atoms with E-state index in [0.29, 0.717) is 42.8 Å². The first kappa shape index (κ1) is 22.9. The summed E-state index contributed by atoms with van der Waals surface area (Å²) in [6, 6.07) is 15.7. The Balaban J connectivity index is 1.36. The number of carbonyl (C=O) groups is 3. The number of rotatable bonds is 6. The van der Waals surface area contributed by atoms with Gasteiger partial charge in [0.25, 0.3) is 17.7 Å². The summed E-state index contributed by atoms with van der Waals surface area (Å²) in [5.41, 5.74) is 1.01. The van der Waals surface area contributed by atoms with Gasteiger partial charge in [-0.05, 0) is 37.1 Å². The molecule has 0 spiro atoms. The first-order valence-electron chi connectivity index (χ1n) is 11.0. The standard InChI is InChI=1S/C25H25N5O4/c1-34-20-10-6-5-9-19(20)25(33)30-15-11-18(12-16-30)28-24(32)21-22(27-14-13-26-21)29-23(31)17-7-3-2-4-8-17/h2-10,13-14,18H,11-12,15-16H2,1H3,(H,28,32)(H,27,29,31). The van der Waals surface area contributed by atoms with Crippen molar-refractivity contribution in [3.63, 3.8) is 0 Å². The number of benzene rings is 2. The molecule has 0 saturated carbocycles. The Kier molecular flexibility index (Phi) is 7.12. The Morgan fingerprint density at radius 1 is 0.912 bits per heavy atom. The first-order valence-corrected chi connectivity index (χ1v) is 11.0. The predicted octanol–water partition coefficient (Wildman–Crippen LogP) is 2.77. The third kappa shape index (κ3) is 5.20. The van der Waals surface area contributed by atoms with E-state index in [1.807, 2.05) is 12.1 Å². The molecule has 34 heavy (non-hydrogen) atoms. The van der Waals surface area contributed by atoms with Crippen molar-refractivity contribution in [2.45, 2.75) is 18.9 Å². The lowest BCUT2D eigenvalue weighted by molar-refractivity contribution is 0.0694. The Labute approximate surface area is 197 Å². The average molecular weight is 460 g/mol. The minimum absolute atomic E-state index is 0.0410. The van der Waals surface area contributed by atoms with Gasteiger partial charge in [0.1, 0.15) is 5.75 Å². The Morgan fingerprint density at radius 2 is 1.59 bits per heavy atom. The molecule has 3 amide bonds. The molecule has 4 rings (SSSR count). The largest absolute Gasteiger partial charge is 0.496 e. The molecule has 2 aromatic carbocycles. The number of hydrogen-bond donors (Lipinski definition) is 2. The number of carbonyl (C=O) groups excluding carboxylic acids is 3. The number of nitrogens with zero attached hydrogens (tertiary/aromatic N) is 3. The van der Waals surface area contributed by atoms with E-state index in [2.05, 4.69) is 20.6 Å². The molecular weight excluding hydrogens is 434 g/mol. The first-order chi connectivity index (χ1) is 16.6. The molecule has 0 radical (unpaired) electrons. The van der Waals surface area contributed by atoms with Crippen molar-refractivity contribution in [2.24, 2.45) is 0 Å². The van der Waals surface area contributed by atoms with Crippen LogP contribution in [-0.4, -0.2) is 58.8 Å². The van der Waals surface area contributed by atoms with Crippen LogP contribution in [0.4, 0.5) is 5.82 Å². The van der Waals surface area contributed by atoms with Crippen LogP contribution in [0.15, 0.2) is 67.0 Å². The van der Waals surface area contributed by atoms with Gasteiger partial charge in [0.2, 0.25) is 0 Å². The van der Waals surface area contributed by atoms with Gasteiger partial charge in [-0.3, -0.25) is 14.4 Å². The third-order valence-corrected chi connectivity index (χ3v) is 5.64. The zero-order valence-corrected chi connectivity index (χ0v) is 18.7. The van der Waals surface area contributed by atoms with Gasteiger partial charge >= 0.3 is 0 Å². The molecule has 0 bridgehead atoms. The van der Waals surface area contributed by atoms with Crippen LogP contribution in [0.5, 0.6) is 5.75 Å². The molecule has 0 atom stereocenters. The van der Waals surface area contributed by atoms with Gasteiger partial charge in [0.15, 0.2) is 11.5 Å². The molecule has 1 aromatic heterocycles. The van der Waals surface area contributed by atoms with Crippen molar-refractivity contribution in [2.75, 3.05) is 25.5 Å². The summed E-state index contributed by atoms with van der Waals surface area (Å²) in [6.45, 7) is 1.000. The fourth-order valence-electron chi connectivity index (χ4n) is 3.84. The third-order valence-electron chi connectivity index (χ3n) is 5.64. The summed E-state index contributed by atoms with van der Waals surface area (Å²) >= 11 is 0. The van der Waals surface area contributed by atoms with Crippen LogP contribution in [0, 0.1) is 0 Å². The normalized spacial score (nSPS) is 13.7. The predicted molar refractivity (Wildman–Crippen MR) is 126 cm³/mol. The van der Waals surface area contributed by atoms with E-state index in [1.165, 1.54) is 19.5 Å². The SMILES string of the molecule is COc1ccccc1C(=O)N1CCC(NC(=O)c2nccnc2NC(=O)c2ccccc2)CC1. The second kappa shape index (κ2) is 10.6. The molecule has 9 nitrogen and oxygen atoms in total. The van der Waals surface area contributed by atoms with E-state index >= 15 is 0 Å². The summed E-state index contributed by atoms with van der Waals surface area (Å²) in [4.78, 5) is 48.3. The summed E-state index contributed by atoms with van der Waals surface area (Å²) < 4.78 is 5.30. The zero-order chi connectivity index (χ0) is 23.9. The quantitative estimate of drug-likeness (QED) is 0.586. The zero-order valence-electron chi connectivity index (χ0n) is 18.7. The fourth-order valence-corrected chi connectivity index (χ4v) is 3.84. The summed E-state index contributed by atoms with van der Waals surface area (Å²) in [6.07, 6.45) is 4.01. The summed E-state index contributed by atoms with van der Waals surface area (Å²) in [5, 5.41) is 5.61. The van der Waals surface area contributed by atoms with Crippen LogP contribution in [0.1, 0.15) is 44.0 Å². The number of piperidine rings is 1. The van der Waals surface area contributed by atoms with Gasteiger partial charge < -0.3 is 20.3 Å². The molecule has 9 heteroatoms. The van der Waals surface area contributed by atoms with Crippen LogP contribution in [-0.2, 0) is 0 Å².